The Balaban J connectivity index is 1.99. The van der Waals surface area contributed by atoms with E-state index in [4.69, 9.17) is 9.47 Å². The molecule has 0 amide bonds. The van der Waals surface area contributed by atoms with Crippen molar-refractivity contribution in [1.82, 2.24) is 9.97 Å². The predicted octanol–water partition coefficient (Wildman–Crippen LogP) is 0.728. The van der Waals surface area contributed by atoms with Crippen LogP contribution in [0.1, 0.15) is 6.92 Å². The lowest BCUT2D eigenvalue weighted by molar-refractivity contribution is 0.164. The van der Waals surface area contributed by atoms with Crippen LogP contribution in [0.4, 0.5) is 11.5 Å². The van der Waals surface area contributed by atoms with E-state index in [0.717, 1.165) is 24.7 Å². The van der Waals surface area contributed by atoms with Crippen molar-refractivity contribution < 1.29 is 9.47 Å². The summed E-state index contributed by atoms with van der Waals surface area (Å²) in [6.07, 6.45) is 1.50. The zero-order chi connectivity index (χ0) is 11.9. The van der Waals surface area contributed by atoms with E-state index in [1.165, 1.54) is 6.33 Å². The van der Waals surface area contributed by atoms with Crippen LogP contribution in [0, 0.1) is 5.41 Å². The zero-order valence-corrected chi connectivity index (χ0v) is 9.99. The molecule has 92 valence electrons. The maximum atomic E-state index is 5.54. The molecular formula is C11H16N4O2. The lowest BCUT2D eigenvalue weighted by Crippen LogP contribution is -2.40. The molecule has 1 fully saturated rings. The number of anilines is 2. The number of aromatic nitrogens is 2. The number of methoxy groups -OCH3 is 1. The summed E-state index contributed by atoms with van der Waals surface area (Å²) in [4.78, 5) is 8.36. The molecule has 0 aliphatic carbocycles. The Morgan fingerprint density at radius 1 is 1.53 bits per heavy atom. The predicted molar refractivity (Wildman–Crippen MR) is 63.4 cm³/mol. The van der Waals surface area contributed by atoms with Crippen molar-refractivity contribution >= 4 is 11.5 Å². The number of nitrogens with zero attached hydrogens (tertiary/aromatic N) is 2. The largest absolute Gasteiger partial charge is 0.479 e. The Morgan fingerprint density at radius 3 is 3.24 bits per heavy atom. The SMILES string of the molecule is COc1ncnc2c1NCC1(C)COCC1N2. The van der Waals surface area contributed by atoms with Gasteiger partial charge in [0, 0.05) is 12.0 Å². The maximum Gasteiger partial charge on any atom is 0.242 e. The molecule has 0 bridgehead atoms. The van der Waals surface area contributed by atoms with Gasteiger partial charge in [-0.3, -0.25) is 0 Å². The highest BCUT2D eigenvalue weighted by Crippen LogP contribution is 2.38. The van der Waals surface area contributed by atoms with Gasteiger partial charge in [-0.2, -0.15) is 4.98 Å². The average molecular weight is 236 g/mol. The van der Waals surface area contributed by atoms with Crippen molar-refractivity contribution in [2.75, 3.05) is 37.5 Å². The molecule has 2 N–H and O–H groups in total. The quantitative estimate of drug-likeness (QED) is 0.749. The molecule has 2 aliphatic rings. The number of rotatable bonds is 1. The molecule has 3 heterocycles. The number of ether oxygens (including phenoxy) is 2. The Labute approximate surface area is 99.7 Å². The normalized spacial score (nSPS) is 30.6. The van der Waals surface area contributed by atoms with Crippen molar-refractivity contribution in [3.63, 3.8) is 0 Å². The highest BCUT2D eigenvalue weighted by molar-refractivity contribution is 5.71. The summed E-state index contributed by atoms with van der Waals surface area (Å²) in [5.74, 6) is 1.36. The number of fused-ring (bicyclic) bond motifs is 2. The van der Waals surface area contributed by atoms with Crippen LogP contribution in [-0.4, -0.2) is 42.9 Å². The van der Waals surface area contributed by atoms with Crippen LogP contribution in [0.5, 0.6) is 5.88 Å². The van der Waals surface area contributed by atoms with Gasteiger partial charge in [-0.15, -0.1) is 0 Å². The highest BCUT2D eigenvalue weighted by atomic mass is 16.5. The average Bonchev–Trinajstić information content (AvgIpc) is 2.63. The summed E-state index contributed by atoms with van der Waals surface area (Å²) >= 11 is 0. The number of hydrogen-bond donors (Lipinski definition) is 2. The minimum atomic E-state index is 0.0751. The van der Waals surface area contributed by atoms with Gasteiger partial charge in [0.25, 0.3) is 0 Å². The molecule has 3 rings (SSSR count). The molecule has 0 radical (unpaired) electrons. The first-order chi connectivity index (χ1) is 8.23. The van der Waals surface area contributed by atoms with Gasteiger partial charge in [0.2, 0.25) is 5.88 Å². The van der Waals surface area contributed by atoms with Crippen molar-refractivity contribution in [2.24, 2.45) is 5.41 Å². The van der Waals surface area contributed by atoms with E-state index in [1.807, 2.05) is 0 Å². The Bertz CT molecular complexity index is 439. The zero-order valence-electron chi connectivity index (χ0n) is 9.99. The first kappa shape index (κ1) is 10.6. The Kier molecular flexibility index (Phi) is 2.32. The summed E-state index contributed by atoms with van der Waals surface area (Å²) in [7, 11) is 1.61. The van der Waals surface area contributed by atoms with Crippen LogP contribution >= 0.6 is 0 Å². The molecule has 2 unspecified atom stereocenters. The van der Waals surface area contributed by atoms with Crippen molar-refractivity contribution in [2.45, 2.75) is 13.0 Å². The molecule has 0 saturated carbocycles. The molecule has 2 aliphatic heterocycles. The van der Waals surface area contributed by atoms with E-state index in [1.54, 1.807) is 7.11 Å². The van der Waals surface area contributed by atoms with Crippen LogP contribution in [0.15, 0.2) is 6.33 Å². The van der Waals surface area contributed by atoms with Gasteiger partial charge in [0.05, 0.1) is 26.4 Å². The van der Waals surface area contributed by atoms with Crippen LogP contribution in [-0.2, 0) is 4.74 Å². The molecule has 6 heteroatoms. The first-order valence-electron chi connectivity index (χ1n) is 5.70. The molecular weight excluding hydrogens is 220 g/mol. The molecule has 0 aromatic carbocycles. The van der Waals surface area contributed by atoms with Crippen LogP contribution in [0.2, 0.25) is 0 Å². The standard InChI is InChI=1S/C11H16N4O2/c1-11-4-12-8-9(13-6-14-10(8)16-2)15-7(11)3-17-5-11/h6-7,12H,3-5H2,1-2H3,(H,13,14,15). The molecule has 6 nitrogen and oxygen atoms in total. The smallest absolute Gasteiger partial charge is 0.242 e. The molecule has 1 aromatic rings. The van der Waals surface area contributed by atoms with E-state index in [-0.39, 0.29) is 11.5 Å². The van der Waals surface area contributed by atoms with Gasteiger partial charge < -0.3 is 20.1 Å². The molecule has 1 aromatic heterocycles. The summed E-state index contributed by atoms with van der Waals surface area (Å²) in [6, 6.07) is 0.274. The third-order valence-corrected chi connectivity index (χ3v) is 3.54. The summed E-state index contributed by atoms with van der Waals surface area (Å²) in [5.41, 5.74) is 0.914. The van der Waals surface area contributed by atoms with E-state index in [0.29, 0.717) is 12.5 Å². The fourth-order valence-corrected chi connectivity index (χ4v) is 2.35. The van der Waals surface area contributed by atoms with E-state index < -0.39 is 0 Å². The Morgan fingerprint density at radius 2 is 2.41 bits per heavy atom. The van der Waals surface area contributed by atoms with E-state index in [2.05, 4.69) is 27.5 Å². The first-order valence-corrected chi connectivity index (χ1v) is 5.70. The second kappa shape index (κ2) is 3.73. The van der Waals surface area contributed by atoms with E-state index in [9.17, 15) is 0 Å². The lowest BCUT2D eigenvalue weighted by Gasteiger charge is -2.27. The molecule has 0 spiro atoms. The van der Waals surface area contributed by atoms with Gasteiger partial charge in [-0.1, -0.05) is 6.92 Å². The fourth-order valence-electron chi connectivity index (χ4n) is 2.35. The number of hydrogen-bond acceptors (Lipinski definition) is 6. The van der Waals surface area contributed by atoms with Crippen LogP contribution in [0.3, 0.4) is 0 Å². The summed E-state index contributed by atoms with van der Waals surface area (Å²) in [5, 5.41) is 6.78. The van der Waals surface area contributed by atoms with Crippen LogP contribution < -0.4 is 15.4 Å². The third kappa shape index (κ3) is 1.59. The van der Waals surface area contributed by atoms with Gasteiger partial charge in [0.1, 0.15) is 12.0 Å². The second-order valence-electron chi connectivity index (χ2n) is 4.83. The minimum absolute atomic E-state index is 0.0751. The fraction of sp³-hybridized carbons (Fsp3) is 0.636. The molecule has 17 heavy (non-hydrogen) atoms. The van der Waals surface area contributed by atoms with Gasteiger partial charge >= 0.3 is 0 Å². The van der Waals surface area contributed by atoms with Crippen molar-refractivity contribution in [3.05, 3.63) is 6.33 Å². The lowest BCUT2D eigenvalue weighted by atomic mass is 9.85. The van der Waals surface area contributed by atoms with E-state index >= 15 is 0 Å². The summed E-state index contributed by atoms with van der Waals surface area (Å²) < 4.78 is 10.8. The Hall–Kier alpha value is -1.56. The monoisotopic (exact) mass is 236 g/mol. The second-order valence-corrected chi connectivity index (χ2v) is 4.83. The van der Waals surface area contributed by atoms with Gasteiger partial charge in [-0.25, -0.2) is 4.98 Å². The van der Waals surface area contributed by atoms with Gasteiger partial charge in [0.15, 0.2) is 5.82 Å². The van der Waals surface area contributed by atoms with Gasteiger partial charge in [-0.05, 0) is 0 Å². The minimum Gasteiger partial charge on any atom is -0.479 e. The summed E-state index contributed by atoms with van der Waals surface area (Å²) in [6.45, 7) is 4.49. The third-order valence-electron chi connectivity index (χ3n) is 3.54. The van der Waals surface area contributed by atoms with Crippen LogP contribution in [0.25, 0.3) is 0 Å². The number of nitrogens with one attached hydrogen (secondary N) is 2. The molecule has 1 saturated heterocycles. The maximum absolute atomic E-state index is 5.54. The topological polar surface area (TPSA) is 68.3 Å². The van der Waals surface area contributed by atoms with Crippen molar-refractivity contribution in [3.8, 4) is 5.88 Å². The highest BCUT2D eigenvalue weighted by Gasteiger charge is 2.42. The molecule has 2 atom stereocenters. The van der Waals surface area contributed by atoms with Crippen molar-refractivity contribution in [1.29, 1.82) is 0 Å².